The molecule has 0 saturated heterocycles. The molecule has 0 aromatic heterocycles. The van der Waals surface area contributed by atoms with E-state index in [9.17, 15) is 0 Å². The van der Waals surface area contributed by atoms with Crippen LogP contribution in [0.4, 0.5) is 0 Å². The third-order valence-corrected chi connectivity index (χ3v) is 2.49. The van der Waals surface area contributed by atoms with E-state index in [2.05, 4.69) is 31.9 Å². The second-order valence-corrected chi connectivity index (χ2v) is 3.71. The van der Waals surface area contributed by atoms with Crippen LogP contribution in [0.5, 0.6) is 0 Å². The van der Waals surface area contributed by atoms with Crippen molar-refractivity contribution in [3.63, 3.8) is 0 Å². The lowest BCUT2D eigenvalue weighted by molar-refractivity contribution is 1.06. The van der Waals surface area contributed by atoms with Gasteiger partial charge in [-0.25, -0.2) is 0 Å². The SMILES string of the molecule is Cl.NCc1cc(Br)ccc1Br. The van der Waals surface area contributed by atoms with Gasteiger partial charge in [0.1, 0.15) is 0 Å². The number of hydrogen-bond acceptors (Lipinski definition) is 1. The fourth-order valence-corrected chi connectivity index (χ4v) is 1.52. The molecule has 1 rings (SSSR count). The van der Waals surface area contributed by atoms with Crippen molar-refractivity contribution in [3.05, 3.63) is 32.7 Å². The van der Waals surface area contributed by atoms with Gasteiger partial charge in [0.05, 0.1) is 0 Å². The minimum atomic E-state index is 0. The van der Waals surface area contributed by atoms with Crippen molar-refractivity contribution < 1.29 is 0 Å². The van der Waals surface area contributed by atoms with Crippen LogP contribution in [-0.4, -0.2) is 0 Å². The Morgan fingerprint density at radius 1 is 1.27 bits per heavy atom. The fourth-order valence-electron chi connectivity index (χ4n) is 0.700. The van der Waals surface area contributed by atoms with Gasteiger partial charge >= 0.3 is 0 Å². The quantitative estimate of drug-likeness (QED) is 0.847. The van der Waals surface area contributed by atoms with Crippen LogP contribution in [-0.2, 0) is 6.54 Å². The van der Waals surface area contributed by atoms with Crippen molar-refractivity contribution in [2.75, 3.05) is 0 Å². The first kappa shape index (κ1) is 11.4. The van der Waals surface area contributed by atoms with E-state index < -0.39 is 0 Å². The van der Waals surface area contributed by atoms with Gasteiger partial charge in [0.15, 0.2) is 0 Å². The van der Waals surface area contributed by atoms with E-state index in [-0.39, 0.29) is 12.4 Å². The Hall–Kier alpha value is 0.430. The smallest absolute Gasteiger partial charge is 0.0220 e. The molecule has 0 fully saturated rings. The topological polar surface area (TPSA) is 26.0 Å². The molecule has 0 amide bonds. The predicted octanol–water partition coefficient (Wildman–Crippen LogP) is 3.09. The molecule has 0 aliphatic rings. The van der Waals surface area contributed by atoms with Gasteiger partial charge in [-0.2, -0.15) is 0 Å². The van der Waals surface area contributed by atoms with Gasteiger partial charge in [0.2, 0.25) is 0 Å². The number of hydrogen-bond donors (Lipinski definition) is 1. The van der Waals surface area contributed by atoms with E-state index >= 15 is 0 Å². The maximum Gasteiger partial charge on any atom is 0.0220 e. The molecule has 4 heteroatoms. The van der Waals surface area contributed by atoms with Crippen molar-refractivity contribution in [2.24, 2.45) is 5.73 Å². The van der Waals surface area contributed by atoms with Crippen LogP contribution < -0.4 is 5.73 Å². The predicted molar refractivity (Wildman–Crippen MR) is 57.0 cm³/mol. The van der Waals surface area contributed by atoms with Crippen LogP contribution in [0.15, 0.2) is 27.1 Å². The first-order valence-corrected chi connectivity index (χ1v) is 4.46. The molecule has 11 heavy (non-hydrogen) atoms. The summed E-state index contributed by atoms with van der Waals surface area (Å²) in [7, 11) is 0. The summed E-state index contributed by atoms with van der Waals surface area (Å²) in [5.41, 5.74) is 6.59. The van der Waals surface area contributed by atoms with Crippen molar-refractivity contribution in [2.45, 2.75) is 6.54 Å². The largest absolute Gasteiger partial charge is 0.326 e. The van der Waals surface area contributed by atoms with Crippen LogP contribution in [0.1, 0.15) is 5.56 Å². The highest BCUT2D eigenvalue weighted by Crippen LogP contribution is 2.20. The van der Waals surface area contributed by atoms with E-state index in [0.29, 0.717) is 6.54 Å². The summed E-state index contributed by atoms with van der Waals surface area (Å²) < 4.78 is 2.13. The first-order chi connectivity index (χ1) is 4.74. The van der Waals surface area contributed by atoms with Gasteiger partial charge in [-0.15, -0.1) is 12.4 Å². The molecule has 0 bridgehead atoms. The lowest BCUT2D eigenvalue weighted by Gasteiger charge is -1.99. The minimum absolute atomic E-state index is 0. The molecule has 0 unspecified atom stereocenters. The van der Waals surface area contributed by atoms with Crippen molar-refractivity contribution in [1.82, 2.24) is 0 Å². The molecule has 2 N–H and O–H groups in total. The van der Waals surface area contributed by atoms with Crippen LogP contribution >= 0.6 is 44.3 Å². The van der Waals surface area contributed by atoms with Crippen molar-refractivity contribution >= 4 is 44.3 Å². The van der Waals surface area contributed by atoms with Crippen molar-refractivity contribution in [1.29, 1.82) is 0 Å². The van der Waals surface area contributed by atoms with Gasteiger partial charge < -0.3 is 5.73 Å². The van der Waals surface area contributed by atoms with Gasteiger partial charge in [-0.3, -0.25) is 0 Å². The van der Waals surface area contributed by atoms with Gasteiger partial charge in [0, 0.05) is 15.5 Å². The average Bonchev–Trinajstić information content (AvgIpc) is 1.94. The van der Waals surface area contributed by atoms with E-state index in [1.165, 1.54) is 0 Å². The van der Waals surface area contributed by atoms with Gasteiger partial charge in [-0.05, 0) is 23.8 Å². The number of nitrogens with two attached hydrogens (primary N) is 1. The lowest BCUT2D eigenvalue weighted by Crippen LogP contribution is -1.96. The summed E-state index contributed by atoms with van der Waals surface area (Å²) in [6.07, 6.45) is 0. The third kappa shape index (κ3) is 3.11. The monoisotopic (exact) mass is 299 g/mol. The third-order valence-electron chi connectivity index (χ3n) is 1.23. The second-order valence-electron chi connectivity index (χ2n) is 1.94. The van der Waals surface area contributed by atoms with Crippen LogP contribution in [0, 0.1) is 0 Å². The second kappa shape index (κ2) is 5.14. The molecule has 62 valence electrons. The molecule has 1 aromatic carbocycles. The number of benzene rings is 1. The summed E-state index contributed by atoms with van der Waals surface area (Å²) >= 11 is 6.75. The molecule has 0 heterocycles. The highest BCUT2D eigenvalue weighted by Gasteiger charge is 1.96. The maximum absolute atomic E-state index is 5.47. The average molecular weight is 301 g/mol. The Bertz CT molecular complexity index is 240. The summed E-state index contributed by atoms with van der Waals surface area (Å²) in [6.45, 7) is 0.569. The molecule has 0 aliphatic heterocycles. The van der Waals surface area contributed by atoms with Gasteiger partial charge in [-0.1, -0.05) is 31.9 Å². The molecule has 0 radical (unpaired) electrons. The fraction of sp³-hybridized carbons (Fsp3) is 0.143. The van der Waals surface area contributed by atoms with Crippen LogP contribution in [0.3, 0.4) is 0 Å². The molecule has 1 nitrogen and oxygen atoms in total. The highest BCUT2D eigenvalue weighted by molar-refractivity contribution is 9.11. The lowest BCUT2D eigenvalue weighted by atomic mass is 10.2. The molecule has 0 spiro atoms. The summed E-state index contributed by atoms with van der Waals surface area (Å²) in [5.74, 6) is 0. The minimum Gasteiger partial charge on any atom is -0.326 e. The van der Waals surface area contributed by atoms with E-state index in [1.54, 1.807) is 0 Å². The summed E-state index contributed by atoms with van der Waals surface area (Å²) in [4.78, 5) is 0. The van der Waals surface area contributed by atoms with Gasteiger partial charge in [0.25, 0.3) is 0 Å². The first-order valence-electron chi connectivity index (χ1n) is 2.88. The van der Waals surface area contributed by atoms with Crippen LogP contribution in [0.2, 0.25) is 0 Å². The zero-order chi connectivity index (χ0) is 7.56. The Morgan fingerprint density at radius 2 is 1.91 bits per heavy atom. The normalized spacial score (nSPS) is 9.00. The maximum atomic E-state index is 5.47. The van der Waals surface area contributed by atoms with Crippen LogP contribution in [0.25, 0.3) is 0 Å². The summed E-state index contributed by atoms with van der Waals surface area (Å²) in [6, 6.07) is 5.96. The molecule has 0 aliphatic carbocycles. The molecule has 0 atom stereocenters. The number of rotatable bonds is 1. The van der Waals surface area contributed by atoms with E-state index in [4.69, 9.17) is 5.73 Å². The molecule has 0 saturated carbocycles. The molecular formula is C7H8Br2ClN. The summed E-state index contributed by atoms with van der Waals surface area (Å²) in [5, 5.41) is 0. The molecule has 1 aromatic rings. The zero-order valence-electron chi connectivity index (χ0n) is 5.68. The Kier molecular flexibility index (Phi) is 5.34. The molecular weight excluding hydrogens is 293 g/mol. The van der Waals surface area contributed by atoms with E-state index in [0.717, 1.165) is 14.5 Å². The standard InChI is InChI=1S/C7H7Br2N.ClH/c8-6-1-2-7(9)5(3-6)4-10;/h1-3H,4,10H2;1H. The van der Waals surface area contributed by atoms with E-state index in [1.807, 2.05) is 18.2 Å². The van der Waals surface area contributed by atoms with Crippen molar-refractivity contribution in [3.8, 4) is 0 Å². The Morgan fingerprint density at radius 3 is 2.36 bits per heavy atom. The highest BCUT2D eigenvalue weighted by atomic mass is 79.9. The number of halogens is 3. The zero-order valence-corrected chi connectivity index (χ0v) is 9.67. The Labute approximate surface area is 89.0 Å². The Balaban J connectivity index is 0.000001000.